The van der Waals surface area contributed by atoms with Crippen molar-refractivity contribution in [2.24, 2.45) is 0 Å². The van der Waals surface area contributed by atoms with Crippen molar-refractivity contribution in [1.82, 2.24) is 0 Å². The summed E-state index contributed by atoms with van der Waals surface area (Å²) < 4.78 is 18.9. The summed E-state index contributed by atoms with van der Waals surface area (Å²) in [4.78, 5) is 0. The van der Waals surface area contributed by atoms with Crippen molar-refractivity contribution < 1.29 is 9.13 Å². The Balaban J connectivity index is 2.38. The van der Waals surface area contributed by atoms with Gasteiger partial charge in [0.05, 0.1) is 11.6 Å². The predicted octanol–water partition coefficient (Wildman–Crippen LogP) is 4.97. The number of halogens is 2. The maximum atomic E-state index is 13.2. The van der Waals surface area contributed by atoms with Crippen LogP contribution in [0.2, 0.25) is 0 Å². The van der Waals surface area contributed by atoms with Gasteiger partial charge in [-0.2, -0.15) is 0 Å². The van der Waals surface area contributed by atoms with Crippen LogP contribution in [-0.4, -0.2) is 7.11 Å². The van der Waals surface area contributed by atoms with Crippen LogP contribution in [0.3, 0.4) is 0 Å². The molecule has 0 spiro atoms. The Hall–Kier alpha value is -1.61. The van der Waals surface area contributed by atoms with Gasteiger partial charge in [0.2, 0.25) is 0 Å². The number of hydrogen-bond donors (Lipinski definition) is 0. The Morgan fingerprint density at radius 3 is 2.37 bits per heavy atom. The van der Waals surface area contributed by atoms with Gasteiger partial charge in [-0.05, 0) is 69.4 Å². The quantitative estimate of drug-likeness (QED) is 0.776. The minimum Gasteiger partial charge on any atom is -0.496 e. The van der Waals surface area contributed by atoms with Crippen LogP contribution < -0.4 is 4.74 Å². The lowest BCUT2D eigenvalue weighted by Gasteiger charge is -2.10. The predicted molar refractivity (Wildman–Crippen MR) is 80.0 cm³/mol. The van der Waals surface area contributed by atoms with Gasteiger partial charge in [0.1, 0.15) is 11.6 Å². The first-order valence-corrected chi connectivity index (χ1v) is 6.61. The summed E-state index contributed by atoms with van der Waals surface area (Å²) in [5.74, 6) is 0.569. The molecule has 19 heavy (non-hydrogen) atoms. The van der Waals surface area contributed by atoms with E-state index in [1.165, 1.54) is 6.07 Å². The van der Waals surface area contributed by atoms with Gasteiger partial charge >= 0.3 is 0 Å². The van der Waals surface area contributed by atoms with Crippen molar-refractivity contribution in [2.45, 2.75) is 6.92 Å². The van der Waals surface area contributed by atoms with Crippen molar-refractivity contribution in [1.29, 1.82) is 0 Å². The molecular formula is C16H14BrFO. The molecular weight excluding hydrogens is 307 g/mol. The van der Waals surface area contributed by atoms with Crippen LogP contribution in [-0.2, 0) is 0 Å². The van der Waals surface area contributed by atoms with Crippen LogP contribution in [0, 0.1) is 12.7 Å². The maximum absolute atomic E-state index is 13.2. The van der Waals surface area contributed by atoms with E-state index in [0.717, 1.165) is 28.0 Å². The first-order valence-electron chi connectivity index (χ1n) is 5.82. The average molecular weight is 321 g/mol. The van der Waals surface area contributed by atoms with E-state index in [1.54, 1.807) is 19.2 Å². The SMILES string of the molecule is C=C(c1ccc(OC)c(C)c1)c1ccc(F)c(Br)c1. The van der Waals surface area contributed by atoms with E-state index in [1.807, 2.05) is 25.1 Å². The number of hydrogen-bond acceptors (Lipinski definition) is 1. The molecule has 2 rings (SSSR count). The molecule has 0 saturated carbocycles. The second kappa shape index (κ2) is 5.57. The van der Waals surface area contributed by atoms with E-state index in [4.69, 9.17) is 4.74 Å². The van der Waals surface area contributed by atoms with Crippen LogP contribution in [0.1, 0.15) is 16.7 Å². The Morgan fingerprint density at radius 1 is 1.16 bits per heavy atom. The number of ether oxygens (including phenoxy) is 1. The molecule has 0 bridgehead atoms. The van der Waals surface area contributed by atoms with Crippen LogP contribution >= 0.6 is 15.9 Å². The second-order valence-electron chi connectivity index (χ2n) is 4.29. The van der Waals surface area contributed by atoms with Crippen LogP contribution in [0.15, 0.2) is 47.4 Å². The molecule has 2 aromatic carbocycles. The minimum absolute atomic E-state index is 0.275. The standard InChI is InChI=1S/C16H14BrFO/c1-10-8-12(5-7-16(10)19-3)11(2)13-4-6-15(18)14(17)9-13/h4-9H,2H2,1,3H3. The maximum Gasteiger partial charge on any atom is 0.137 e. The first-order chi connectivity index (χ1) is 9.02. The first kappa shape index (κ1) is 13.8. The molecule has 0 unspecified atom stereocenters. The summed E-state index contributed by atoms with van der Waals surface area (Å²) in [5, 5.41) is 0. The fourth-order valence-corrected chi connectivity index (χ4v) is 2.30. The van der Waals surface area contributed by atoms with Crippen LogP contribution in [0.4, 0.5) is 4.39 Å². The normalized spacial score (nSPS) is 10.3. The summed E-state index contributed by atoms with van der Waals surface area (Å²) in [6.07, 6.45) is 0. The summed E-state index contributed by atoms with van der Waals surface area (Å²) in [6.45, 7) is 6.06. The third kappa shape index (κ3) is 2.87. The zero-order valence-electron chi connectivity index (χ0n) is 10.8. The van der Waals surface area contributed by atoms with Crippen LogP contribution in [0.25, 0.3) is 5.57 Å². The molecule has 0 amide bonds. The molecule has 0 atom stereocenters. The number of methoxy groups -OCH3 is 1. The van der Waals surface area contributed by atoms with Gasteiger partial charge in [0, 0.05) is 0 Å². The Morgan fingerprint density at radius 2 is 1.79 bits per heavy atom. The molecule has 1 nitrogen and oxygen atoms in total. The molecule has 2 aromatic rings. The highest BCUT2D eigenvalue weighted by molar-refractivity contribution is 9.10. The van der Waals surface area contributed by atoms with Crippen molar-refractivity contribution in [3.63, 3.8) is 0 Å². The molecule has 98 valence electrons. The van der Waals surface area contributed by atoms with Crippen molar-refractivity contribution in [3.8, 4) is 5.75 Å². The van der Waals surface area contributed by atoms with E-state index in [0.29, 0.717) is 4.47 Å². The highest BCUT2D eigenvalue weighted by Gasteiger charge is 2.07. The molecule has 0 aliphatic rings. The molecule has 0 radical (unpaired) electrons. The Bertz CT molecular complexity index is 635. The molecule has 0 saturated heterocycles. The summed E-state index contributed by atoms with van der Waals surface area (Å²) in [7, 11) is 1.65. The lowest BCUT2D eigenvalue weighted by Crippen LogP contribution is -1.91. The zero-order valence-corrected chi connectivity index (χ0v) is 12.4. The Labute approximate surface area is 120 Å². The monoisotopic (exact) mass is 320 g/mol. The van der Waals surface area contributed by atoms with E-state index >= 15 is 0 Å². The third-order valence-corrected chi connectivity index (χ3v) is 3.62. The lowest BCUT2D eigenvalue weighted by molar-refractivity contribution is 0.411. The molecule has 0 fully saturated rings. The van der Waals surface area contributed by atoms with Gasteiger partial charge in [-0.1, -0.05) is 18.7 Å². The lowest BCUT2D eigenvalue weighted by atomic mass is 9.98. The third-order valence-electron chi connectivity index (χ3n) is 3.01. The molecule has 0 aliphatic heterocycles. The molecule has 3 heteroatoms. The smallest absolute Gasteiger partial charge is 0.137 e. The largest absolute Gasteiger partial charge is 0.496 e. The Kier molecular flexibility index (Phi) is 4.05. The van der Waals surface area contributed by atoms with E-state index in [-0.39, 0.29) is 5.82 Å². The fourth-order valence-electron chi connectivity index (χ4n) is 1.92. The van der Waals surface area contributed by atoms with Gasteiger partial charge in [-0.15, -0.1) is 0 Å². The topological polar surface area (TPSA) is 9.23 Å². The number of rotatable bonds is 3. The molecule has 0 N–H and O–H groups in total. The van der Waals surface area contributed by atoms with Crippen molar-refractivity contribution in [3.05, 3.63) is 70.0 Å². The highest BCUT2D eigenvalue weighted by Crippen LogP contribution is 2.28. The van der Waals surface area contributed by atoms with Crippen molar-refractivity contribution >= 4 is 21.5 Å². The van der Waals surface area contributed by atoms with E-state index < -0.39 is 0 Å². The summed E-state index contributed by atoms with van der Waals surface area (Å²) >= 11 is 3.19. The van der Waals surface area contributed by atoms with Crippen molar-refractivity contribution in [2.75, 3.05) is 7.11 Å². The molecule has 0 heterocycles. The van der Waals surface area contributed by atoms with Gasteiger partial charge in [0.15, 0.2) is 0 Å². The summed E-state index contributed by atoms with van der Waals surface area (Å²) in [6, 6.07) is 10.8. The van der Waals surface area contributed by atoms with Gasteiger partial charge in [0.25, 0.3) is 0 Å². The minimum atomic E-state index is -0.275. The zero-order chi connectivity index (χ0) is 14.0. The molecule has 0 aromatic heterocycles. The van der Waals surface area contributed by atoms with Gasteiger partial charge in [-0.25, -0.2) is 4.39 Å². The highest BCUT2D eigenvalue weighted by atomic mass is 79.9. The van der Waals surface area contributed by atoms with Gasteiger partial charge < -0.3 is 4.74 Å². The number of benzene rings is 2. The van der Waals surface area contributed by atoms with Gasteiger partial charge in [-0.3, -0.25) is 0 Å². The molecule has 0 aliphatic carbocycles. The van der Waals surface area contributed by atoms with E-state index in [2.05, 4.69) is 22.5 Å². The van der Waals surface area contributed by atoms with E-state index in [9.17, 15) is 4.39 Å². The average Bonchev–Trinajstić information content (AvgIpc) is 2.41. The second-order valence-corrected chi connectivity index (χ2v) is 5.15. The summed E-state index contributed by atoms with van der Waals surface area (Å²) in [5.41, 5.74) is 3.78. The van der Waals surface area contributed by atoms with Crippen LogP contribution in [0.5, 0.6) is 5.75 Å². The number of aryl methyl sites for hydroxylation is 1. The fraction of sp³-hybridized carbons (Fsp3) is 0.125.